The number of guanidine groups is 1. The fourth-order valence-corrected chi connectivity index (χ4v) is 2.06. The van der Waals surface area contributed by atoms with Gasteiger partial charge in [-0.15, -0.1) is 0 Å². The summed E-state index contributed by atoms with van der Waals surface area (Å²) in [7, 11) is 1.71. The van der Waals surface area contributed by atoms with Crippen LogP contribution in [0.25, 0.3) is 0 Å². The van der Waals surface area contributed by atoms with Crippen molar-refractivity contribution < 1.29 is 9.47 Å². The molecule has 0 amide bonds. The van der Waals surface area contributed by atoms with E-state index in [-0.39, 0.29) is 0 Å². The average Bonchev–Trinajstić information content (AvgIpc) is 2.58. The van der Waals surface area contributed by atoms with E-state index in [1.54, 1.807) is 7.11 Å². The molecule has 1 rings (SSSR count). The monoisotopic (exact) mass is 321 g/mol. The van der Waals surface area contributed by atoms with Gasteiger partial charge in [0.25, 0.3) is 0 Å². The Morgan fingerprint density at radius 1 is 1.04 bits per heavy atom. The number of nitrogens with zero attached hydrogens (tertiary/aromatic N) is 1. The Kier molecular flexibility index (Phi) is 11.9. The number of ether oxygens (including phenoxy) is 2. The Bertz CT molecular complexity index is 410. The molecule has 130 valence electrons. The predicted octanol–water partition coefficient (Wildman–Crippen LogP) is 2.23. The maximum Gasteiger partial charge on any atom is 0.191 e. The van der Waals surface area contributed by atoms with Crippen LogP contribution in [0, 0.1) is 0 Å². The van der Waals surface area contributed by atoms with Crippen LogP contribution in [0.15, 0.2) is 35.3 Å². The van der Waals surface area contributed by atoms with Crippen LogP contribution in [0.3, 0.4) is 0 Å². The third-order valence-corrected chi connectivity index (χ3v) is 3.26. The third-order valence-electron chi connectivity index (χ3n) is 3.26. The molecule has 0 heterocycles. The van der Waals surface area contributed by atoms with E-state index in [1.807, 2.05) is 6.07 Å². The predicted molar refractivity (Wildman–Crippen MR) is 96.1 cm³/mol. The smallest absolute Gasteiger partial charge is 0.191 e. The van der Waals surface area contributed by atoms with Gasteiger partial charge in [-0.05, 0) is 31.7 Å². The zero-order chi connectivity index (χ0) is 16.6. The second-order valence-electron chi connectivity index (χ2n) is 5.24. The lowest BCUT2D eigenvalue weighted by Crippen LogP contribution is -2.38. The first-order valence-electron chi connectivity index (χ1n) is 8.49. The number of hydrogen-bond acceptors (Lipinski definition) is 3. The Hall–Kier alpha value is -1.59. The zero-order valence-electron chi connectivity index (χ0n) is 14.5. The maximum atomic E-state index is 5.68. The number of methoxy groups -OCH3 is 1. The maximum absolute atomic E-state index is 5.68. The van der Waals surface area contributed by atoms with Crippen molar-refractivity contribution in [3.8, 4) is 0 Å². The highest BCUT2D eigenvalue weighted by Crippen LogP contribution is 1.99. The highest BCUT2D eigenvalue weighted by Gasteiger charge is 1.97. The summed E-state index contributed by atoms with van der Waals surface area (Å²) in [6.07, 6.45) is 2.88. The fourth-order valence-electron chi connectivity index (χ4n) is 2.06. The molecule has 2 N–H and O–H groups in total. The molecule has 0 aliphatic carbocycles. The molecule has 0 atom stereocenters. The summed E-state index contributed by atoms with van der Waals surface area (Å²) >= 11 is 0. The van der Waals surface area contributed by atoms with E-state index in [9.17, 15) is 0 Å². The van der Waals surface area contributed by atoms with E-state index < -0.39 is 0 Å². The first-order valence-corrected chi connectivity index (χ1v) is 8.49. The molecule has 0 saturated carbocycles. The number of rotatable bonds is 12. The van der Waals surface area contributed by atoms with Gasteiger partial charge in [0.1, 0.15) is 0 Å². The van der Waals surface area contributed by atoms with Crippen molar-refractivity contribution in [2.75, 3.05) is 46.6 Å². The molecule has 1 aromatic carbocycles. The molecule has 23 heavy (non-hydrogen) atoms. The standard InChI is InChI=1S/C18H31N3O2/c1-3-19-18(20-12-7-14-22-2)21-13-8-15-23-16-11-17-9-5-4-6-10-17/h4-6,9-10H,3,7-8,11-16H2,1-2H3,(H2,19,20,21). The van der Waals surface area contributed by atoms with Crippen LogP contribution < -0.4 is 10.6 Å². The molecule has 1 aromatic rings. The minimum Gasteiger partial charge on any atom is -0.385 e. The van der Waals surface area contributed by atoms with Gasteiger partial charge >= 0.3 is 0 Å². The molecule has 0 spiro atoms. The average molecular weight is 321 g/mol. The molecule has 0 aromatic heterocycles. The van der Waals surface area contributed by atoms with Gasteiger partial charge in [-0.1, -0.05) is 30.3 Å². The fraction of sp³-hybridized carbons (Fsp3) is 0.611. The van der Waals surface area contributed by atoms with E-state index in [2.05, 4.69) is 46.8 Å². The third kappa shape index (κ3) is 10.7. The topological polar surface area (TPSA) is 54.9 Å². The van der Waals surface area contributed by atoms with Crippen molar-refractivity contribution >= 4 is 5.96 Å². The van der Waals surface area contributed by atoms with Gasteiger partial charge in [0.05, 0.1) is 6.61 Å². The van der Waals surface area contributed by atoms with Crippen LogP contribution in [0.5, 0.6) is 0 Å². The lowest BCUT2D eigenvalue weighted by atomic mass is 10.2. The van der Waals surface area contributed by atoms with E-state index in [1.165, 1.54) is 5.56 Å². The Labute approximate surface area is 140 Å². The van der Waals surface area contributed by atoms with Gasteiger partial charge in [0, 0.05) is 40.0 Å². The van der Waals surface area contributed by atoms with Crippen LogP contribution in [-0.4, -0.2) is 52.5 Å². The largest absolute Gasteiger partial charge is 0.385 e. The molecule has 0 radical (unpaired) electrons. The molecular formula is C18H31N3O2. The van der Waals surface area contributed by atoms with Gasteiger partial charge in [-0.3, -0.25) is 4.99 Å². The summed E-state index contributed by atoms with van der Waals surface area (Å²) in [5.41, 5.74) is 1.32. The van der Waals surface area contributed by atoms with Crippen molar-refractivity contribution in [3.63, 3.8) is 0 Å². The van der Waals surface area contributed by atoms with Crippen molar-refractivity contribution in [1.29, 1.82) is 0 Å². The second-order valence-corrected chi connectivity index (χ2v) is 5.24. The van der Waals surface area contributed by atoms with Crippen LogP contribution in [0.2, 0.25) is 0 Å². The minimum atomic E-state index is 0.748. The highest BCUT2D eigenvalue weighted by atomic mass is 16.5. The van der Waals surface area contributed by atoms with Gasteiger partial charge < -0.3 is 20.1 Å². The Balaban J connectivity index is 2.04. The molecule has 0 bridgehead atoms. The Morgan fingerprint density at radius 3 is 2.61 bits per heavy atom. The van der Waals surface area contributed by atoms with Gasteiger partial charge in [0.15, 0.2) is 5.96 Å². The lowest BCUT2D eigenvalue weighted by Gasteiger charge is -2.11. The summed E-state index contributed by atoms with van der Waals surface area (Å²) in [6, 6.07) is 10.4. The van der Waals surface area contributed by atoms with Crippen molar-refractivity contribution in [2.45, 2.75) is 26.2 Å². The lowest BCUT2D eigenvalue weighted by molar-refractivity contribution is 0.135. The quantitative estimate of drug-likeness (QED) is 0.352. The molecule has 0 fully saturated rings. The first-order chi connectivity index (χ1) is 11.4. The minimum absolute atomic E-state index is 0.748. The van der Waals surface area contributed by atoms with Crippen LogP contribution in [0.1, 0.15) is 25.3 Å². The number of hydrogen-bond donors (Lipinski definition) is 2. The summed E-state index contributed by atoms with van der Waals surface area (Å²) in [5, 5.41) is 6.56. The molecule has 0 unspecified atom stereocenters. The van der Waals surface area contributed by atoms with Gasteiger partial charge in [-0.25, -0.2) is 0 Å². The van der Waals surface area contributed by atoms with Crippen molar-refractivity contribution in [1.82, 2.24) is 10.6 Å². The van der Waals surface area contributed by atoms with E-state index >= 15 is 0 Å². The van der Waals surface area contributed by atoms with Crippen LogP contribution >= 0.6 is 0 Å². The summed E-state index contributed by atoms with van der Waals surface area (Å²) < 4.78 is 10.7. The molecule has 5 nitrogen and oxygen atoms in total. The SMILES string of the molecule is CCNC(=NCCCOC)NCCCOCCc1ccccc1. The number of aliphatic imine (C=N–C) groups is 1. The van der Waals surface area contributed by atoms with E-state index in [0.717, 1.165) is 64.7 Å². The highest BCUT2D eigenvalue weighted by molar-refractivity contribution is 5.79. The molecule has 0 aliphatic heterocycles. The Morgan fingerprint density at radius 2 is 1.87 bits per heavy atom. The number of benzene rings is 1. The molecule has 5 heteroatoms. The molecule has 0 aliphatic rings. The van der Waals surface area contributed by atoms with Crippen LogP contribution in [-0.2, 0) is 15.9 Å². The number of nitrogens with one attached hydrogen (secondary N) is 2. The summed E-state index contributed by atoms with van der Waals surface area (Å²) in [6.45, 7) is 6.86. The van der Waals surface area contributed by atoms with E-state index in [0.29, 0.717) is 0 Å². The molecule has 0 saturated heterocycles. The van der Waals surface area contributed by atoms with Crippen molar-refractivity contribution in [2.24, 2.45) is 4.99 Å². The normalized spacial score (nSPS) is 11.5. The summed E-state index contributed by atoms with van der Waals surface area (Å²) in [4.78, 5) is 4.50. The second kappa shape index (κ2) is 14.0. The van der Waals surface area contributed by atoms with Crippen LogP contribution in [0.4, 0.5) is 0 Å². The van der Waals surface area contributed by atoms with Gasteiger partial charge in [-0.2, -0.15) is 0 Å². The zero-order valence-corrected chi connectivity index (χ0v) is 14.5. The molecular weight excluding hydrogens is 290 g/mol. The first kappa shape index (κ1) is 19.5. The summed E-state index contributed by atoms with van der Waals surface area (Å²) in [5.74, 6) is 0.868. The van der Waals surface area contributed by atoms with Crippen molar-refractivity contribution in [3.05, 3.63) is 35.9 Å². The van der Waals surface area contributed by atoms with Gasteiger partial charge in [0.2, 0.25) is 0 Å². The van der Waals surface area contributed by atoms with E-state index in [4.69, 9.17) is 9.47 Å².